The van der Waals surface area contributed by atoms with Crippen LogP contribution < -0.4 is 0 Å². The van der Waals surface area contributed by atoms with E-state index in [2.05, 4.69) is 25.8 Å². The summed E-state index contributed by atoms with van der Waals surface area (Å²) in [4.78, 5) is 2.45. The molecule has 1 heterocycles. The first-order valence-electron chi connectivity index (χ1n) is 5.55. The second kappa shape index (κ2) is 5.61. The molecule has 0 bridgehead atoms. The average molecular weight is 185 g/mol. The van der Waals surface area contributed by atoms with Crippen LogP contribution in [-0.4, -0.2) is 37.7 Å². The third-order valence-electron chi connectivity index (χ3n) is 3.01. The Morgan fingerprint density at radius 3 is 2.69 bits per heavy atom. The molecule has 0 spiro atoms. The summed E-state index contributed by atoms with van der Waals surface area (Å²) in [6.45, 7) is 7.56. The van der Waals surface area contributed by atoms with Crippen LogP contribution in [0.25, 0.3) is 0 Å². The van der Waals surface area contributed by atoms with Gasteiger partial charge in [-0.2, -0.15) is 0 Å². The van der Waals surface area contributed by atoms with Crippen molar-refractivity contribution in [1.82, 2.24) is 4.90 Å². The van der Waals surface area contributed by atoms with Gasteiger partial charge in [0, 0.05) is 19.2 Å². The smallest absolute Gasteiger partial charge is 0.0621 e. The van der Waals surface area contributed by atoms with Crippen LogP contribution >= 0.6 is 0 Å². The molecular weight excluding hydrogens is 162 g/mol. The lowest BCUT2D eigenvalue weighted by molar-refractivity contribution is 0.0862. The number of hydrogen-bond acceptors (Lipinski definition) is 2. The van der Waals surface area contributed by atoms with Crippen molar-refractivity contribution >= 4 is 0 Å². The van der Waals surface area contributed by atoms with E-state index in [1.54, 1.807) is 0 Å². The van der Waals surface area contributed by atoms with Crippen molar-refractivity contribution < 1.29 is 4.74 Å². The van der Waals surface area contributed by atoms with Crippen molar-refractivity contribution in [2.75, 3.05) is 26.8 Å². The highest BCUT2D eigenvalue weighted by atomic mass is 16.5. The fourth-order valence-corrected chi connectivity index (χ4v) is 2.05. The van der Waals surface area contributed by atoms with E-state index >= 15 is 0 Å². The van der Waals surface area contributed by atoms with Gasteiger partial charge in [-0.05, 0) is 25.8 Å². The molecule has 0 N–H and O–H groups in total. The van der Waals surface area contributed by atoms with Crippen LogP contribution in [0, 0.1) is 5.92 Å². The van der Waals surface area contributed by atoms with Gasteiger partial charge in [0.2, 0.25) is 0 Å². The molecule has 0 saturated carbocycles. The summed E-state index contributed by atoms with van der Waals surface area (Å²) < 4.78 is 5.59. The molecule has 0 aromatic carbocycles. The number of hydrogen-bond donors (Lipinski definition) is 0. The van der Waals surface area contributed by atoms with Gasteiger partial charge in [-0.3, -0.25) is 0 Å². The zero-order valence-corrected chi connectivity index (χ0v) is 9.25. The lowest BCUT2D eigenvalue weighted by Gasteiger charge is -2.18. The molecule has 2 atom stereocenters. The molecule has 0 aromatic heterocycles. The number of nitrogens with zero attached hydrogens (tertiary/aromatic N) is 1. The maximum absolute atomic E-state index is 5.59. The Balaban J connectivity index is 2.18. The van der Waals surface area contributed by atoms with E-state index in [4.69, 9.17) is 4.74 Å². The Morgan fingerprint density at radius 2 is 2.15 bits per heavy atom. The van der Waals surface area contributed by atoms with Crippen molar-refractivity contribution in [2.45, 2.75) is 39.2 Å². The Labute approximate surface area is 82.3 Å². The Bertz CT molecular complexity index is 138. The summed E-state index contributed by atoms with van der Waals surface area (Å²) in [5.74, 6) is 0.903. The van der Waals surface area contributed by atoms with Crippen LogP contribution in [0.5, 0.6) is 0 Å². The summed E-state index contributed by atoms with van der Waals surface area (Å²) in [6, 6.07) is 0.677. The van der Waals surface area contributed by atoms with Crippen LogP contribution in [-0.2, 0) is 4.74 Å². The average Bonchev–Trinajstić information content (AvgIpc) is 2.48. The molecule has 78 valence electrons. The largest absolute Gasteiger partial charge is 0.380 e. The molecular formula is C11H23NO. The molecule has 1 aliphatic heterocycles. The van der Waals surface area contributed by atoms with Gasteiger partial charge in [0.15, 0.2) is 0 Å². The van der Waals surface area contributed by atoms with E-state index in [0.29, 0.717) is 6.04 Å². The second-order valence-corrected chi connectivity index (χ2v) is 4.18. The van der Waals surface area contributed by atoms with E-state index in [9.17, 15) is 0 Å². The van der Waals surface area contributed by atoms with E-state index in [0.717, 1.165) is 25.6 Å². The number of rotatable bonds is 5. The third-order valence-corrected chi connectivity index (χ3v) is 3.01. The Hall–Kier alpha value is -0.0800. The Kier molecular flexibility index (Phi) is 4.74. The maximum atomic E-state index is 5.59. The first kappa shape index (κ1) is 11.0. The second-order valence-electron chi connectivity index (χ2n) is 4.18. The maximum Gasteiger partial charge on any atom is 0.0621 e. The minimum absolute atomic E-state index is 0.677. The van der Waals surface area contributed by atoms with Crippen molar-refractivity contribution in [3.8, 4) is 0 Å². The highest BCUT2D eigenvalue weighted by Gasteiger charge is 2.27. The lowest BCUT2D eigenvalue weighted by atomic mass is 10.0. The number of likely N-dealkylation sites (N-methyl/N-ethyl adjacent to an activating group) is 1. The molecule has 2 nitrogen and oxygen atoms in total. The van der Waals surface area contributed by atoms with E-state index in [-0.39, 0.29) is 0 Å². The minimum atomic E-state index is 0.677. The predicted octanol–water partition coefficient (Wildman–Crippen LogP) is 2.14. The van der Waals surface area contributed by atoms with Crippen LogP contribution in [0.2, 0.25) is 0 Å². The quantitative estimate of drug-likeness (QED) is 0.608. The number of ether oxygens (including phenoxy) is 1. The highest BCUT2D eigenvalue weighted by molar-refractivity contribution is 4.82. The molecule has 2 heteroatoms. The van der Waals surface area contributed by atoms with Gasteiger partial charge in [0.1, 0.15) is 0 Å². The van der Waals surface area contributed by atoms with Crippen LogP contribution in [0.1, 0.15) is 33.1 Å². The van der Waals surface area contributed by atoms with Crippen molar-refractivity contribution in [3.05, 3.63) is 0 Å². The first-order valence-corrected chi connectivity index (χ1v) is 5.55. The van der Waals surface area contributed by atoms with Gasteiger partial charge in [0.05, 0.1) is 6.61 Å². The van der Waals surface area contributed by atoms with Crippen molar-refractivity contribution in [3.63, 3.8) is 0 Å². The van der Waals surface area contributed by atoms with Gasteiger partial charge in [-0.15, -0.1) is 0 Å². The van der Waals surface area contributed by atoms with E-state index in [1.807, 2.05) is 0 Å². The van der Waals surface area contributed by atoms with Crippen molar-refractivity contribution in [1.29, 1.82) is 0 Å². The summed E-state index contributed by atoms with van der Waals surface area (Å²) in [5.41, 5.74) is 0. The third kappa shape index (κ3) is 3.28. The van der Waals surface area contributed by atoms with Crippen LogP contribution in [0.15, 0.2) is 0 Å². The molecule has 1 aliphatic rings. The zero-order valence-electron chi connectivity index (χ0n) is 9.25. The van der Waals surface area contributed by atoms with Crippen LogP contribution in [0.3, 0.4) is 0 Å². The molecule has 1 saturated heterocycles. The number of likely N-dealkylation sites (tertiary alicyclic amines) is 1. The standard InChI is InChI=1S/C11H23NO/c1-4-6-13-9-11-7-10(5-2)8-12(11)3/h10-11H,4-9H2,1-3H3. The fraction of sp³-hybridized carbons (Fsp3) is 1.00. The van der Waals surface area contributed by atoms with Gasteiger partial charge in [-0.1, -0.05) is 20.3 Å². The lowest BCUT2D eigenvalue weighted by Crippen LogP contribution is -2.29. The van der Waals surface area contributed by atoms with Crippen molar-refractivity contribution in [2.24, 2.45) is 5.92 Å². The normalized spacial score (nSPS) is 29.8. The first-order chi connectivity index (χ1) is 6.27. The predicted molar refractivity (Wildman–Crippen MR) is 55.9 cm³/mol. The molecule has 13 heavy (non-hydrogen) atoms. The topological polar surface area (TPSA) is 12.5 Å². The minimum Gasteiger partial charge on any atom is -0.380 e. The molecule has 0 radical (unpaired) electrons. The summed E-state index contributed by atoms with van der Waals surface area (Å²) in [5, 5.41) is 0. The molecule has 2 unspecified atom stereocenters. The Morgan fingerprint density at radius 1 is 1.38 bits per heavy atom. The summed E-state index contributed by atoms with van der Waals surface area (Å²) in [7, 11) is 2.22. The summed E-state index contributed by atoms with van der Waals surface area (Å²) >= 11 is 0. The van der Waals surface area contributed by atoms with E-state index in [1.165, 1.54) is 19.4 Å². The summed E-state index contributed by atoms with van der Waals surface area (Å²) in [6.07, 6.45) is 3.78. The molecule has 0 aromatic rings. The molecule has 1 fully saturated rings. The fourth-order valence-electron chi connectivity index (χ4n) is 2.05. The van der Waals surface area contributed by atoms with E-state index < -0.39 is 0 Å². The van der Waals surface area contributed by atoms with Gasteiger partial charge in [-0.25, -0.2) is 0 Å². The monoisotopic (exact) mass is 185 g/mol. The van der Waals surface area contributed by atoms with Gasteiger partial charge < -0.3 is 9.64 Å². The van der Waals surface area contributed by atoms with Crippen LogP contribution in [0.4, 0.5) is 0 Å². The SMILES string of the molecule is CCCOCC1CC(CC)CN1C. The van der Waals surface area contributed by atoms with Gasteiger partial charge in [0.25, 0.3) is 0 Å². The molecule has 0 amide bonds. The highest BCUT2D eigenvalue weighted by Crippen LogP contribution is 2.23. The van der Waals surface area contributed by atoms with Gasteiger partial charge >= 0.3 is 0 Å². The zero-order chi connectivity index (χ0) is 9.68. The molecule has 0 aliphatic carbocycles. The molecule has 1 rings (SSSR count).